The Kier molecular flexibility index (Phi) is 4.41. The van der Waals surface area contributed by atoms with Gasteiger partial charge >= 0.3 is 0 Å². The van der Waals surface area contributed by atoms with Gasteiger partial charge in [0.15, 0.2) is 0 Å². The van der Waals surface area contributed by atoms with Gasteiger partial charge in [0, 0.05) is 0 Å². The lowest BCUT2D eigenvalue weighted by molar-refractivity contribution is -0.140. The fourth-order valence-corrected chi connectivity index (χ4v) is 4.71. The maximum absolute atomic E-state index is 12.7. The van der Waals surface area contributed by atoms with Gasteiger partial charge in [0.25, 0.3) is 11.8 Å². The van der Waals surface area contributed by atoms with Gasteiger partial charge in [-0.1, -0.05) is 26.0 Å². The molecule has 1 heterocycles. The molecule has 2 bridgehead atoms. The summed E-state index contributed by atoms with van der Waals surface area (Å²) < 4.78 is 5.76. The molecule has 142 valence electrons. The number of ether oxygens (including phenoxy) is 1. The molecule has 2 amide bonds. The van der Waals surface area contributed by atoms with Crippen LogP contribution in [0.3, 0.4) is 0 Å². The first-order valence-corrected chi connectivity index (χ1v) is 9.79. The second-order valence-corrected chi connectivity index (χ2v) is 8.07. The third-order valence-electron chi connectivity index (χ3n) is 6.08. The van der Waals surface area contributed by atoms with Crippen LogP contribution in [0.1, 0.15) is 49.8 Å². The maximum atomic E-state index is 12.7. The molecule has 5 heteroatoms. The summed E-state index contributed by atoms with van der Waals surface area (Å²) in [6.45, 7) is 8.80. The van der Waals surface area contributed by atoms with Gasteiger partial charge in [0.1, 0.15) is 5.75 Å². The highest BCUT2D eigenvalue weighted by molar-refractivity contribution is 6.06. The van der Waals surface area contributed by atoms with Crippen molar-refractivity contribution < 1.29 is 14.3 Å². The van der Waals surface area contributed by atoms with Gasteiger partial charge in [-0.15, -0.1) is 0 Å². The predicted molar refractivity (Wildman–Crippen MR) is 104 cm³/mol. The molecule has 0 aromatic heterocycles. The van der Waals surface area contributed by atoms with Crippen molar-refractivity contribution in [3.63, 3.8) is 0 Å². The quantitative estimate of drug-likeness (QED) is 0.454. The molecular formula is C22H26N2O3. The van der Waals surface area contributed by atoms with Crippen molar-refractivity contribution in [3.05, 3.63) is 41.0 Å². The number of hydrogen-bond donors (Lipinski definition) is 0. The molecule has 1 aromatic rings. The Hall–Kier alpha value is -2.43. The number of allylic oxidation sites excluding steroid dienone is 2. The fraction of sp³-hybridized carbons (Fsp3) is 0.500. The number of fused-ring (bicyclic) bond motifs is 5. The monoisotopic (exact) mass is 366 g/mol. The van der Waals surface area contributed by atoms with Gasteiger partial charge in [-0.3, -0.25) is 9.59 Å². The lowest BCUT2D eigenvalue weighted by Gasteiger charge is -2.16. The van der Waals surface area contributed by atoms with E-state index < -0.39 is 0 Å². The van der Waals surface area contributed by atoms with Crippen LogP contribution in [-0.4, -0.2) is 29.6 Å². The van der Waals surface area contributed by atoms with Crippen LogP contribution in [0, 0.1) is 30.6 Å². The van der Waals surface area contributed by atoms with E-state index >= 15 is 0 Å². The van der Waals surface area contributed by atoms with Crippen LogP contribution in [0.2, 0.25) is 0 Å². The number of carbonyl (C=O) groups excluding carboxylic acids is 2. The lowest BCUT2D eigenvalue weighted by atomic mass is 9.85. The smallest absolute Gasteiger partial charge is 0.254 e. The van der Waals surface area contributed by atoms with E-state index in [1.165, 1.54) is 0 Å². The van der Waals surface area contributed by atoms with Gasteiger partial charge < -0.3 is 4.74 Å². The molecule has 0 radical (unpaired) electrons. The summed E-state index contributed by atoms with van der Waals surface area (Å²) in [5.41, 5.74) is 3.01. The molecule has 4 atom stereocenters. The third kappa shape index (κ3) is 2.80. The van der Waals surface area contributed by atoms with Crippen molar-refractivity contribution in [2.75, 3.05) is 6.61 Å². The van der Waals surface area contributed by atoms with Crippen LogP contribution in [-0.2, 0) is 9.59 Å². The first-order valence-electron chi connectivity index (χ1n) is 9.79. The molecule has 4 rings (SSSR count). The Balaban J connectivity index is 1.61. The summed E-state index contributed by atoms with van der Waals surface area (Å²) in [6.07, 6.45) is 6.76. The molecule has 1 saturated heterocycles. The highest BCUT2D eigenvalue weighted by Crippen LogP contribution is 2.52. The second-order valence-electron chi connectivity index (χ2n) is 8.07. The summed E-state index contributed by atoms with van der Waals surface area (Å²) in [7, 11) is 0. The summed E-state index contributed by atoms with van der Waals surface area (Å²) >= 11 is 0. The van der Waals surface area contributed by atoms with Crippen LogP contribution in [0.5, 0.6) is 5.75 Å². The van der Waals surface area contributed by atoms with Gasteiger partial charge in [-0.25, -0.2) is 0 Å². The zero-order valence-electron chi connectivity index (χ0n) is 16.3. The molecule has 1 aromatic carbocycles. The van der Waals surface area contributed by atoms with E-state index in [9.17, 15) is 9.59 Å². The minimum absolute atomic E-state index is 0.147. The van der Waals surface area contributed by atoms with E-state index in [0.29, 0.717) is 12.5 Å². The first kappa shape index (κ1) is 18.0. The normalized spacial score (nSPS) is 28.9. The molecule has 1 aliphatic heterocycles. The molecule has 5 nitrogen and oxygen atoms in total. The van der Waals surface area contributed by atoms with Crippen LogP contribution in [0.4, 0.5) is 0 Å². The molecule has 0 unspecified atom stereocenters. The first-order chi connectivity index (χ1) is 12.9. The molecule has 2 fully saturated rings. The summed E-state index contributed by atoms with van der Waals surface area (Å²) in [5, 5.41) is 5.42. The number of aryl methyl sites for hydroxylation is 1. The number of imide groups is 1. The summed E-state index contributed by atoms with van der Waals surface area (Å²) in [6, 6.07) is 4.05. The maximum Gasteiger partial charge on any atom is 0.254 e. The minimum Gasteiger partial charge on any atom is -0.494 e. The van der Waals surface area contributed by atoms with E-state index in [1.807, 2.05) is 26.0 Å². The van der Waals surface area contributed by atoms with Crippen molar-refractivity contribution in [1.82, 2.24) is 5.01 Å². The Labute approximate surface area is 160 Å². The largest absolute Gasteiger partial charge is 0.494 e. The van der Waals surface area contributed by atoms with E-state index in [0.717, 1.165) is 33.9 Å². The highest BCUT2D eigenvalue weighted by atomic mass is 16.5. The van der Waals surface area contributed by atoms with Crippen LogP contribution in [0.15, 0.2) is 29.4 Å². The molecule has 27 heavy (non-hydrogen) atoms. The Morgan fingerprint density at radius 3 is 2.37 bits per heavy atom. The average Bonchev–Trinajstić information content (AvgIpc) is 3.29. The Morgan fingerprint density at radius 2 is 1.81 bits per heavy atom. The molecule has 0 N–H and O–H groups in total. The number of carbonyl (C=O) groups is 2. The number of amides is 2. The highest BCUT2D eigenvalue weighted by Gasteiger charge is 2.59. The SMILES string of the molecule is CCOc1cc(C)c(C=NN2C(=O)[C@@H]3[C@H](C2=O)[C@H]2C=C[C@H]3C2)cc1C(C)C. The number of hydrogen-bond acceptors (Lipinski definition) is 4. The molecule has 2 aliphatic carbocycles. The van der Waals surface area contributed by atoms with Crippen molar-refractivity contribution in [3.8, 4) is 5.75 Å². The Morgan fingerprint density at radius 1 is 1.19 bits per heavy atom. The van der Waals surface area contributed by atoms with Crippen molar-refractivity contribution in [2.45, 2.75) is 40.0 Å². The number of hydrazone groups is 1. The van der Waals surface area contributed by atoms with Crippen molar-refractivity contribution in [1.29, 1.82) is 0 Å². The number of benzene rings is 1. The van der Waals surface area contributed by atoms with E-state index in [-0.39, 0.29) is 35.5 Å². The average molecular weight is 366 g/mol. The zero-order valence-corrected chi connectivity index (χ0v) is 16.3. The second kappa shape index (κ2) is 6.63. The Bertz CT molecular complexity index is 825. The van der Waals surface area contributed by atoms with Crippen LogP contribution < -0.4 is 4.74 Å². The summed E-state index contributed by atoms with van der Waals surface area (Å²) in [4.78, 5) is 25.5. The molecule has 3 aliphatic rings. The van der Waals surface area contributed by atoms with Crippen molar-refractivity contribution in [2.24, 2.45) is 28.8 Å². The van der Waals surface area contributed by atoms with Crippen molar-refractivity contribution >= 4 is 18.0 Å². The van der Waals surface area contributed by atoms with E-state index in [2.05, 4.69) is 31.1 Å². The van der Waals surface area contributed by atoms with Crippen LogP contribution >= 0.6 is 0 Å². The standard InChI is InChI=1S/C22H26N2O3/c1-5-27-18-8-13(4)16(10-17(18)12(2)3)11-23-24-21(25)19-14-6-7-15(9-14)20(19)22(24)26/h6-8,10-12,14-15,19-20H,5,9H2,1-4H3/t14-,15-,19-,20+/m0/s1. The molecule has 1 saturated carbocycles. The van der Waals surface area contributed by atoms with Gasteiger partial charge in [0.05, 0.1) is 24.7 Å². The molecule has 0 spiro atoms. The van der Waals surface area contributed by atoms with Gasteiger partial charge in [-0.05, 0) is 66.8 Å². The lowest BCUT2D eigenvalue weighted by Crippen LogP contribution is -2.28. The summed E-state index contributed by atoms with van der Waals surface area (Å²) in [5.74, 6) is 0.877. The topological polar surface area (TPSA) is 59.0 Å². The molecular weight excluding hydrogens is 340 g/mol. The van der Waals surface area contributed by atoms with E-state index in [1.54, 1.807) is 6.21 Å². The van der Waals surface area contributed by atoms with E-state index in [4.69, 9.17) is 4.74 Å². The number of nitrogens with zero attached hydrogens (tertiary/aromatic N) is 2. The van der Waals surface area contributed by atoms with Gasteiger partial charge in [-0.2, -0.15) is 10.1 Å². The third-order valence-corrected chi connectivity index (χ3v) is 6.08. The van der Waals surface area contributed by atoms with Gasteiger partial charge in [0.2, 0.25) is 0 Å². The minimum atomic E-state index is -0.211. The predicted octanol–water partition coefficient (Wildman–Crippen LogP) is 3.66. The van der Waals surface area contributed by atoms with Crippen LogP contribution in [0.25, 0.3) is 0 Å². The number of rotatable bonds is 5. The zero-order chi connectivity index (χ0) is 19.3. The fourth-order valence-electron chi connectivity index (χ4n) is 4.71.